The number of carbonyl (C=O) groups is 1. The molecule has 0 radical (unpaired) electrons. The number of esters is 1. The molecule has 3 rings (SSSR count). The minimum atomic E-state index is -4.30. The highest BCUT2D eigenvalue weighted by molar-refractivity contribution is 7.52. The summed E-state index contributed by atoms with van der Waals surface area (Å²) in [6.07, 6.45) is -2.17. The number of benzene rings is 1. The van der Waals surface area contributed by atoms with E-state index >= 15 is 4.39 Å². The highest BCUT2D eigenvalue weighted by atomic mass is 31.2. The fourth-order valence-electron chi connectivity index (χ4n) is 3.39. The third-order valence-electron chi connectivity index (χ3n) is 5.25. The zero-order valence-corrected chi connectivity index (χ0v) is 20.5. The van der Waals surface area contributed by atoms with Crippen LogP contribution >= 0.6 is 7.75 Å². The number of nitrogens with one attached hydrogen (secondary N) is 1. The van der Waals surface area contributed by atoms with Crippen molar-refractivity contribution in [3.8, 4) is 5.75 Å². The number of aliphatic hydroxyl groups excluding tert-OH is 1. The first kappa shape index (κ1) is 27.5. The Labute approximate surface area is 206 Å². The van der Waals surface area contributed by atoms with Gasteiger partial charge in [-0.05, 0) is 32.0 Å². The minimum Gasteiger partial charge on any atom is -0.460 e. The van der Waals surface area contributed by atoms with E-state index in [1.54, 1.807) is 18.2 Å². The summed E-state index contributed by atoms with van der Waals surface area (Å²) in [4.78, 5) is 27.9. The lowest BCUT2D eigenvalue weighted by Crippen LogP contribution is -2.43. The lowest BCUT2D eigenvalue weighted by Gasteiger charge is -2.25. The molecular formula is C22H28FN4O8P. The van der Waals surface area contributed by atoms with Crippen LogP contribution in [-0.2, 0) is 23.4 Å². The second kappa shape index (κ2) is 11.3. The van der Waals surface area contributed by atoms with Crippen molar-refractivity contribution in [1.82, 2.24) is 14.6 Å². The molecule has 0 aliphatic carbocycles. The minimum absolute atomic E-state index is 0.0620. The highest BCUT2D eigenvalue weighted by Crippen LogP contribution is 2.47. The second-order valence-corrected chi connectivity index (χ2v) is 9.83. The van der Waals surface area contributed by atoms with Gasteiger partial charge in [0.2, 0.25) is 0 Å². The molecule has 4 N–H and O–H groups in total. The zero-order valence-electron chi connectivity index (χ0n) is 19.7. The maximum atomic E-state index is 15.5. The molecule has 0 spiro atoms. The van der Waals surface area contributed by atoms with Crippen LogP contribution < -0.4 is 21.0 Å². The van der Waals surface area contributed by atoms with Gasteiger partial charge < -0.3 is 24.8 Å². The number of nitrogens with zero attached hydrogens (tertiary/aromatic N) is 2. The number of aromatic nitrogens is 2. The molecule has 2 heterocycles. The summed E-state index contributed by atoms with van der Waals surface area (Å²) in [5.74, 6) is -0.666. The Balaban J connectivity index is 1.78. The van der Waals surface area contributed by atoms with Gasteiger partial charge in [-0.1, -0.05) is 30.9 Å². The first-order chi connectivity index (χ1) is 17.0. The smallest absolute Gasteiger partial charge is 0.459 e. The van der Waals surface area contributed by atoms with Crippen LogP contribution in [0.3, 0.4) is 0 Å². The predicted octanol–water partition coefficient (Wildman–Crippen LogP) is 1.72. The Bertz CT molecular complexity index is 1180. The highest BCUT2D eigenvalue weighted by Gasteiger charge is 2.56. The average molecular weight is 526 g/mol. The maximum Gasteiger partial charge on any atom is 0.459 e. The lowest BCUT2D eigenvalue weighted by molar-refractivity contribution is -0.144. The van der Waals surface area contributed by atoms with E-state index in [2.05, 4.69) is 16.7 Å². The zero-order chi connectivity index (χ0) is 26.5. The van der Waals surface area contributed by atoms with Gasteiger partial charge >= 0.3 is 19.4 Å². The van der Waals surface area contributed by atoms with Gasteiger partial charge in [0.05, 0.1) is 6.61 Å². The fourth-order valence-corrected chi connectivity index (χ4v) is 4.89. The van der Waals surface area contributed by atoms with E-state index in [4.69, 9.17) is 24.3 Å². The molecule has 0 unspecified atom stereocenters. The van der Waals surface area contributed by atoms with Gasteiger partial charge in [0, 0.05) is 6.20 Å². The van der Waals surface area contributed by atoms with Crippen LogP contribution in [0.5, 0.6) is 5.75 Å². The van der Waals surface area contributed by atoms with E-state index in [0.29, 0.717) is 0 Å². The van der Waals surface area contributed by atoms with Crippen LogP contribution in [0, 0.1) is 0 Å². The number of carbonyl (C=O) groups excluding carboxylic acids is 1. The third kappa shape index (κ3) is 6.37. The summed E-state index contributed by atoms with van der Waals surface area (Å²) >= 11 is 0. The van der Waals surface area contributed by atoms with Gasteiger partial charge in [-0.3, -0.25) is 13.9 Å². The number of aliphatic hydroxyl groups is 1. The normalized spacial score (nSPS) is 26.1. The van der Waals surface area contributed by atoms with E-state index < -0.39 is 56.2 Å². The van der Waals surface area contributed by atoms with E-state index in [0.717, 1.165) is 11.5 Å². The SMILES string of the molecule is C=CCOC(=O)[C@H](C)N[P@](=O)(OC[C@H]1O[C@@H](n2ccc(N)nc2=O)[C@](C)(F)[C@@H]1O)Oc1ccccc1. The van der Waals surface area contributed by atoms with Crippen LogP contribution in [0.15, 0.2) is 60.0 Å². The van der Waals surface area contributed by atoms with Gasteiger partial charge in [0.1, 0.15) is 36.4 Å². The van der Waals surface area contributed by atoms with Crippen LogP contribution in [0.25, 0.3) is 0 Å². The van der Waals surface area contributed by atoms with Crippen LogP contribution in [0.1, 0.15) is 20.1 Å². The van der Waals surface area contributed by atoms with E-state index in [1.807, 2.05) is 0 Å². The molecule has 1 aromatic heterocycles. The summed E-state index contributed by atoms with van der Waals surface area (Å²) in [7, 11) is -4.30. The van der Waals surface area contributed by atoms with Gasteiger partial charge in [0.25, 0.3) is 0 Å². The predicted molar refractivity (Wildman–Crippen MR) is 127 cm³/mol. The first-order valence-electron chi connectivity index (χ1n) is 10.9. The first-order valence-corrected chi connectivity index (χ1v) is 12.4. The average Bonchev–Trinajstić information content (AvgIpc) is 3.05. The Hall–Kier alpha value is -3.09. The molecule has 1 aliphatic rings. The molecule has 1 aliphatic heterocycles. The quantitative estimate of drug-likeness (QED) is 0.222. The fraction of sp³-hybridized carbons (Fsp3) is 0.409. The molecule has 1 fully saturated rings. The number of alkyl halides is 1. The van der Waals surface area contributed by atoms with E-state index in [1.165, 1.54) is 37.4 Å². The number of ether oxygens (including phenoxy) is 2. The molecule has 0 amide bonds. The molecule has 14 heteroatoms. The number of nitrogens with two attached hydrogens (primary N) is 1. The van der Waals surface area contributed by atoms with Crippen LogP contribution in [-0.4, -0.2) is 57.8 Å². The number of anilines is 1. The summed E-state index contributed by atoms with van der Waals surface area (Å²) in [5.41, 5.74) is 2.14. The molecule has 2 aromatic rings. The van der Waals surface area contributed by atoms with Gasteiger partial charge in [-0.2, -0.15) is 10.1 Å². The Morgan fingerprint density at radius 1 is 1.44 bits per heavy atom. The Morgan fingerprint density at radius 3 is 2.78 bits per heavy atom. The van der Waals surface area contributed by atoms with Crippen molar-refractivity contribution < 1.29 is 37.4 Å². The van der Waals surface area contributed by atoms with E-state index in [-0.39, 0.29) is 18.2 Å². The molecule has 12 nitrogen and oxygen atoms in total. The van der Waals surface area contributed by atoms with E-state index in [9.17, 15) is 19.3 Å². The Kier molecular flexibility index (Phi) is 8.64. The second-order valence-electron chi connectivity index (χ2n) is 8.13. The van der Waals surface area contributed by atoms with Crippen molar-refractivity contribution in [1.29, 1.82) is 0 Å². The third-order valence-corrected chi connectivity index (χ3v) is 6.89. The van der Waals surface area contributed by atoms with Crippen molar-refractivity contribution in [3.05, 3.63) is 65.7 Å². The summed E-state index contributed by atoms with van der Waals surface area (Å²) in [5, 5.41) is 13.0. The van der Waals surface area contributed by atoms with Gasteiger partial charge in [0.15, 0.2) is 11.9 Å². The largest absolute Gasteiger partial charge is 0.460 e. The molecule has 0 bridgehead atoms. The van der Waals surface area contributed by atoms with Crippen molar-refractivity contribution in [3.63, 3.8) is 0 Å². The maximum absolute atomic E-state index is 15.5. The van der Waals surface area contributed by atoms with Crippen molar-refractivity contribution in [2.45, 2.75) is 44.0 Å². The molecule has 1 saturated heterocycles. The van der Waals surface area contributed by atoms with Gasteiger partial charge in [-0.15, -0.1) is 0 Å². The molecule has 36 heavy (non-hydrogen) atoms. The standard InChI is InChI=1S/C22H28FN4O8P/c1-4-12-32-19(29)14(2)26-36(31,35-15-8-6-5-7-9-15)33-13-16-18(28)22(3,23)20(34-16)27-11-10-17(24)25-21(27)30/h4-11,14,16,18,20,28H,1,12-13H2,2-3H3,(H,26,31)(H2,24,25,30)/t14-,16+,18+,20+,22+,36-/m0/s1. The topological polar surface area (TPSA) is 164 Å². The Morgan fingerprint density at radius 2 is 2.14 bits per heavy atom. The van der Waals surface area contributed by atoms with Crippen molar-refractivity contribution >= 4 is 19.5 Å². The summed E-state index contributed by atoms with van der Waals surface area (Å²) < 4.78 is 51.3. The van der Waals surface area contributed by atoms with Crippen LogP contribution in [0.4, 0.5) is 10.2 Å². The van der Waals surface area contributed by atoms with Crippen LogP contribution in [0.2, 0.25) is 0 Å². The lowest BCUT2D eigenvalue weighted by atomic mass is 9.98. The summed E-state index contributed by atoms with van der Waals surface area (Å²) in [6, 6.07) is 8.12. The number of nitrogen functional groups attached to an aromatic ring is 1. The van der Waals surface area contributed by atoms with Gasteiger partial charge in [-0.25, -0.2) is 13.8 Å². The molecule has 6 atom stereocenters. The van der Waals surface area contributed by atoms with Crippen molar-refractivity contribution in [2.75, 3.05) is 18.9 Å². The number of para-hydroxylation sites is 1. The molecule has 0 saturated carbocycles. The number of halogens is 1. The molecule has 196 valence electrons. The molecular weight excluding hydrogens is 498 g/mol. The number of hydrogen-bond donors (Lipinski definition) is 3. The van der Waals surface area contributed by atoms with Crippen molar-refractivity contribution in [2.24, 2.45) is 0 Å². The number of hydrogen-bond acceptors (Lipinski definition) is 10. The molecule has 1 aromatic carbocycles. The number of rotatable bonds is 11. The monoisotopic (exact) mass is 526 g/mol. The summed E-state index contributed by atoms with van der Waals surface area (Å²) in [6.45, 7) is 5.19.